The van der Waals surface area contributed by atoms with Crippen molar-refractivity contribution >= 4 is 23.5 Å². The van der Waals surface area contributed by atoms with Crippen molar-refractivity contribution in [3.63, 3.8) is 0 Å². The minimum atomic E-state index is -0.122. The molecule has 6 nitrogen and oxygen atoms in total. The maximum Gasteiger partial charge on any atom is 0.230 e. The van der Waals surface area contributed by atoms with E-state index in [2.05, 4.69) is 5.32 Å². The zero-order chi connectivity index (χ0) is 13.1. The predicted molar refractivity (Wildman–Crippen MR) is 68.0 cm³/mol. The summed E-state index contributed by atoms with van der Waals surface area (Å²) in [6.45, 7) is 3.30. The number of carbonyl (C=O) groups excluding carboxylic acids is 2. The van der Waals surface area contributed by atoms with Gasteiger partial charge in [-0.1, -0.05) is 0 Å². The smallest absolute Gasteiger partial charge is 0.230 e. The largest absolute Gasteiger partial charge is 0.354 e. The van der Waals surface area contributed by atoms with Gasteiger partial charge >= 0.3 is 0 Å². The molecule has 0 heterocycles. The van der Waals surface area contributed by atoms with E-state index in [0.29, 0.717) is 31.9 Å². The highest BCUT2D eigenvalue weighted by atomic mass is 32.2. The molecule has 0 rings (SSSR count). The van der Waals surface area contributed by atoms with Crippen LogP contribution in [-0.4, -0.2) is 59.6 Å². The van der Waals surface area contributed by atoms with Crippen molar-refractivity contribution < 1.29 is 14.8 Å². The Labute approximate surface area is 106 Å². The van der Waals surface area contributed by atoms with Crippen molar-refractivity contribution in [2.75, 3.05) is 37.7 Å². The number of thioether (sulfide) groups is 1. The molecule has 0 aromatic rings. The highest BCUT2D eigenvalue weighted by Crippen LogP contribution is 1.98. The van der Waals surface area contributed by atoms with Crippen molar-refractivity contribution in [1.29, 1.82) is 0 Å². The molecule has 0 unspecified atom stereocenters. The average Bonchev–Trinajstić information content (AvgIpc) is 2.25. The maximum atomic E-state index is 11.3. The molecular weight excluding hydrogens is 242 g/mol. The fourth-order valence-corrected chi connectivity index (χ4v) is 1.73. The molecule has 0 saturated carbocycles. The van der Waals surface area contributed by atoms with Crippen LogP contribution in [-0.2, 0) is 9.59 Å². The number of Topliss-reactive ketones (excluding diaryl/α,β-unsaturated/α-hetero) is 1. The zero-order valence-corrected chi connectivity index (χ0v) is 11.0. The van der Waals surface area contributed by atoms with Gasteiger partial charge in [-0.05, 0) is 19.9 Å². The minimum absolute atomic E-state index is 0.0612. The van der Waals surface area contributed by atoms with E-state index in [1.165, 1.54) is 18.7 Å². The normalized spacial score (nSPS) is 10.6. The number of hydroxylamine groups is 2. The molecule has 0 aliphatic heterocycles. The number of ketones is 1. The van der Waals surface area contributed by atoms with Crippen LogP contribution in [0.15, 0.2) is 0 Å². The second-order valence-electron chi connectivity index (χ2n) is 3.64. The number of carbonyl (C=O) groups is 2. The van der Waals surface area contributed by atoms with E-state index >= 15 is 0 Å². The second-order valence-corrected chi connectivity index (χ2v) is 4.63. The average molecular weight is 263 g/mol. The van der Waals surface area contributed by atoms with Gasteiger partial charge in [-0.2, -0.15) is 5.06 Å². The van der Waals surface area contributed by atoms with Crippen LogP contribution < -0.4 is 11.1 Å². The number of hydrogen-bond acceptors (Lipinski definition) is 6. The lowest BCUT2D eigenvalue weighted by Crippen LogP contribution is -2.35. The lowest BCUT2D eigenvalue weighted by Gasteiger charge is -2.14. The number of nitrogens with one attached hydrogen (secondary N) is 1. The minimum Gasteiger partial charge on any atom is -0.354 e. The Morgan fingerprint density at radius 2 is 2.06 bits per heavy atom. The number of nitrogens with zero attached hydrogens (tertiary/aromatic N) is 1. The van der Waals surface area contributed by atoms with Crippen molar-refractivity contribution in [2.45, 2.75) is 13.3 Å². The van der Waals surface area contributed by atoms with Gasteiger partial charge in [-0.3, -0.25) is 9.59 Å². The van der Waals surface area contributed by atoms with Gasteiger partial charge in [-0.15, -0.1) is 11.8 Å². The standard InChI is InChI=1S/C10H21N3O3S/c1-9(14)7-17-8-10(15)12-4-6-13(16)5-2-3-11/h16H,2-8,11H2,1H3,(H,12,15). The van der Waals surface area contributed by atoms with E-state index in [-0.39, 0.29) is 17.4 Å². The Bertz CT molecular complexity index is 239. The lowest BCUT2D eigenvalue weighted by molar-refractivity contribution is -0.120. The van der Waals surface area contributed by atoms with Crippen molar-refractivity contribution in [3.05, 3.63) is 0 Å². The maximum absolute atomic E-state index is 11.3. The van der Waals surface area contributed by atoms with Gasteiger partial charge < -0.3 is 16.3 Å². The third-order valence-electron chi connectivity index (χ3n) is 1.85. The third kappa shape index (κ3) is 11.6. The molecule has 4 N–H and O–H groups in total. The predicted octanol–water partition coefficient (Wildman–Crippen LogP) is -0.535. The first-order chi connectivity index (χ1) is 8.06. The number of amides is 1. The molecule has 7 heteroatoms. The second kappa shape index (κ2) is 10.5. The summed E-state index contributed by atoms with van der Waals surface area (Å²) in [6.07, 6.45) is 0.721. The molecular formula is C10H21N3O3S. The summed E-state index contributed by atoms with van der Waals surface area (Å²) in [5.74, 6) is 0.568. The van der Waals surface area contributed by atoms with Gasteiger partial charge in [-0.25, -0.2) is 0 Å². The molecule has 0 aromatic heterocycles. The van der Waals surface area contributed by atoms with E-state index in [9.17, 15) is 14.8 Å². The molecule has 0 spiro atoms. The van der Waals surface area contributed by atoms with Crippen molar-refractivity contribution in [1.82, 2.24) is 10.4 Å². The topological polar surface area (TPSA) is 95.7 Å². The van der Waals surface area contributed by atoms with Gasteiger partial charge in [0.2, 0.25) is 5.91 Å². The summed E-state index contributed by atoms with van der Waals surface area (Å²) < 4.78 is 0. The van der Waals surface area contributed by atoms with Gasteiger partial charge in [0.1, 0.15) is 5.78 Å². The summed E-state index contributed by atoms with van der Waals surface area (Å²) in [5, 5.41) is 13.1. The van der Waals surface area contributed by atoms with E-state index in [1.807, 2.05) is 0 Å². The summed E-state index contributed by atoms with van der Waals surface area (Å²) in [6, 6.07) is 0. The van der Waals surface area contributed by atoms with Crippen LogP contribution in [0.1, 0.15) is 13.3 Å². The molecule has 100 valence electrons. The summed E-state index contributed by atoms with van der Waals surface area (Å²) in [7, 11) is 0. The number of rotatable bonds is 10. The van der Waals surface area contributed by atoms with Crippen LogP contribution >= 0.6 is 11.8 Å². The van der Waals surface area contributed by atoms with Crippen LogP contribution in [0.2, 0.25) is 0 Å². The Kier molecular flexibility index (Phi) is 10.1. The van der Waals surface area contributed by atoms with Crippen molar-refractivity contribution in [2.24, 2.45) is 5.73 Å². The molecule has 0 aromatic carbocycles. The van der Waals surface area contributed by atoms with Gasteiger partial charge in [0.05, 0.1) is 11.5 Å². The van der Waals surface area contributed by atoms with Crippen LogP contribution in [0.5, 0.6) is 0 Å². The highest BCUT2D eigenvalue weighted by molar-refractivity contribution is 8.00. The van der Waals surface area contributed by atoms with E-state index in [0.717, 1.165) is 11.5 Å². The number of hydrogen-bond donors (Lipinski definition) is 3. The molecule has 0 atom stereocenters. The van der Waals surface area contributed by atoms with Crippen LogP contribution in [0, 0.1) is 0 Å². The quantitative estimate of drug-likeness (QED) is 0.458. The molecule has 0 bridgehead atoms. The Hall–Kier alpha value is -0.630. The molecule has 17 heavy (non-hydrogen) atoms. The Morgan fingerprint density at radius 1 is 1.35 bits per heavy atom. The first kappa shape index (κ1) is 16.4. The molecule has 0 radical (unpaired) electrons. The van der Waals surface area contributed by atoms with Gasteiger partial charge in [0, 0.05) is 19.6 Å². The molecule has 1 amide bonds. The van der Waals surface area contributed by atoms with Gasteiger partial charge in [0.25, 0.3) is 0 Å². The fraction of sp³-hybridized carbons (Fsp3) is 0.800. The van der Waals surface area contributed by atoms with Crippen molar-refractivity contribution in [3.8, 4) is 0 Å². The lowest BCUT2D eigenvalue weighted by atomic mass is 10.4. The molecule has 0 fully saturated rings. The highest BCUT2D eigenvalue weighted by Gasteiger charge is 2.04. The first-order valence-corrected chi connectivity index (χ1v) is 6.69. The third-order valence-corrected chi connectivity index (χ3v) is 2.93. The van der Waals surface area contributed by atoms with E-state index < -0.39 is 0 Å². The summed E-state index contributed by atoms with van der Waals surface area (Å²) in [5.41, 5.74) is 5.30. The van der Waals surface area contributed by atoms with E-state index in [4.69, 9.17) is 5.73 Å². The molecule has 0 saturated heterocycles. The monoisotopic (exact) mass is 263 g/mol. The van der Waals surface area contributed by atoms with Crippen LogP contribution in [0.3, 0.4) is 0 Å². The van der Waals surface area contributed by atoms with Crippen LogP contribution in [0.25, 0.3) is 0 Å². The number of nitrogens with two attached hydrogens (primary N) is 1. The molecule has 0 aliphatic rings. The SMILES string of the molecule is CC(=O)CSCC(=O)NCCN(O)CCCN. The summed E-state index contributed by atoms with van der Waals surface area (Å²) in [4.78, 5) is 21.9. The fourth-order valence-electron chi connectivity index (χ4n) is 1.05. The van der Waals surface area contributed by atoms with Crippen LogP contribution in [0.4, 0.5) is 0 Å². The zero-order valence-electron chi connectivity index (χ0n) is 10.1. The van der Waals surface area contributed by atoms with Gasteiger partial charge in [0.15, 0.2) is 0 Å². The first-order valence-electron chi connectivity index (χ1n) is 5.54. The summed E-state index contributed by atoms with van der Waals surface area (Å²) >= 11 is 1.29. The van der Waals surface area contributed by atoms with E-state index in [1.54, 1.807) is 0 Å². The Balaban J connectivity index is 3.41. The molecule has 0 aliphatic carbocycles. The Morgan fingerprint density at radius 3 is 2.65 bits per heavy atom.